The zero-order chi connectivity index (χ0) is 21.4. The van der Waals surface area contributed by atoms with Crippen LogP contribution in [0.15, 0.2) is 29.3 Å². The summed E-state index contributed by atoms with van der Waals surface area (Å²) < 4.78 is 38.7. The molecular weight excluding hydrogens is 381 g/mol. The average Bonchev–Trinajstić information content (AvgIpc) is 3.15. The predicted octanol–water partition coefficient (Wildman–Crippen LogP) is 3.77. The fraction of sp³-hybridized carbons (Fsp3) is 0.619. The summed E-state index contributed by atoms with van der Waals surface area (Å²) in [5.41, 5.74) is 0.0465. The first-order chi connectivity index (χ1) is 13.7. The fourth-order valence-electron chi connectivity index (χ4n) is 3.40. The van der Waals surface area contributed by atoms with Gasteiger partial charge in [-0.3, -0.25) is 9.79 Å². The third-order valence-corrected chi connectivity index (χ3v) is 5.14. The molecular formula is C21H31F3N4O. The summed E-state index contributed by atoms with van der Waals surface area (Å²) in [6.07, 6.45) is -2.31. The Morgan fingerprint density at radius 2 is 2.10 bits per heavy atom. The van der Waals surface area contributed by atoms with Crippen molar-refractivity contribution in [1.82, 2.24) is 15.5 Å². The van der Waals surface area contributed by atoms with Crippen LogP contribution in [0.25, 0.3) is 0 Å². The number of alkyl halides is 3. The van der Waals surface area contributed by atoms with Crippen molar-refractivity contribution in [2.45, 2.75) is 58.2 Å². The van der Waals surface area contributed by atoms with Crippen molar-refractivity contribution in [3.63, 3.8) is 0 Å². The van der Waals surface area contributed by atoms with Gasteiger partial charge in [-0.05, 0) is 37.3 Å². The topological polar surface area (TPSA) is 56.7 Å². The number of hydrogen-bond donors (Lipinski definition) is 2. The van der Waals surface area contributed by atoms with Crippen LogP contribution in [0.2, 0.25) is 0 Å². The molecule has 2 rings (SSSR count). The lowest BCUT2D eigenvalue weighted by Crippen LogP contribution is -2.45. The van der Waals surface area contributed by atoms with Crippen molar-refractivity contribution in [3.8, 4) is 0 Å². The lowest BCUT2D eigenvalue weighted by Gasteiger charge is -2.19. The van der Waals surface area contributed by atoms with Gasteiger partial charge in [-0.2, -0.15) is 13.2 Å². The first kappa shape index (κ1) is 23.0. The second-order valence-electron chi connectivity index (χ2n) is 7.40. The van der Waals surface area contributed by atoms with Crippen LogP contribution >= 0.6 is 0 Å². The van der Waals surface area contributed by atoms with Gasteiger partial charge in [-0.15, -0.1) is 0 Å². The fourth-order valence-corrected chi connectivity index (χ4v) is 3.40. The highest BCUT2D eigenvalue weighted by molar-refractivity contribution is 5.80. The number of hydrogen-bond acceptors (Lipinski definition) is 2. The lowest BCUT2D eigenvalue weighted by molar-refractivity contribution is -0.137. The molecule has 0 aliphatic carbocycles. The largest absolute Gasteiger partial charge is 0.416 e. The molecule has 1 heterocycles. The van der Waals surface area contributed by atoms with E-state index in [0.29, 0.717) is 44.0 Å². The van der Waals surface area contributed by atoms with Crippen LogP contribution < -0.4 is 10.6 Å². The third kappa shape index (κ3) is 6.94. The molecule has 0 saturated carbocycles. The Balaban J connectivity index is 1.91. The molecule has 1 saturated heterocycles. The summed E-state index contributed by atoms with van der Waals surface area (Å²) in [5.74, 6) is 0.804. The Labute approximate surface area is 170 Å². The zero-order valence-electron chi connectivity index (χ0n) is 17.4. The SMILES string of the molecule is CCNC(=NCCC(C)c1cccc(C(F)(F)F)c1)NC1CCN(C(=O)CC)C1. The number of rotatable bonds is 7. The van der Waals surface area contributed by atoms with Crippen molar-refractivity contribution in [2.24, 2.45) is 4.99 Å². The standard InChI is InChI=1S/C21H31F3N4O/c1-4-19(29)28-12-10-18(14-28)27-20(25-5-2)26-11-9-15(3)16-7-6-8-17(13-16)21(22,23)24/h6-8,13,15,18H,4-5,9-12,14H2,1-3H3,(H2,25,26,27). The maximum Gasteiger partial charge on any atom is 0.416 e. The van der Waals surface area contributed by atoms with Crippen LogP contribution in [0, 0.1) is 0 Å². The van der Waals surface area contributed by atoms with Crippen molar-refractivity contribution >= 4 is 11.9 Å². The highest BCUT2D eigenvalue weighted by atomic mass is 19.4. The summed E-state index contributed by atoms with van der Waals surface area (Å²) in [7, 11) is 0. The highest BCUT2D eigenvalue weighted by Gasteiger charge is 2.30. The van der Waals surface area contributed by atoms with Crippen LogP contribution in [0.5, 0.6) is 0 Å². The average molecular weight is 413 g/mol. The second-order valence-corrected chi connectivity index (χ2v) is 7.40. The Morgan fingerprint density at radius 3 is 2.76 bits per heavy atom. The van der Waals surface area contributed by atoms with Gasteiger partial charge in [0.25, 0.3) is 0 Å². The summed E-state index contributed by atoms with van der Waals surface area (Å²) in [6, 6.07) is 5.65. The number of benzene rings is 1. The van der Waals surface area contributed by atoms with Crippen LogP contribution in [-0.2, 0) is 11.0 Å². The molecule has 8 heteroatoms. The van der Waals surface area contributed by atoms with Crippen molar-refractivity contribution in [2.75, 3.05) is 26.2 Å². The molecule has 0 spiro atoms. The number of amides is 1. The number of carbonyl (C=O) groups is 1. The van der Waals surface area contributed by atoms with Gasteiger partial charge < -0.3 is 15.5 Å². The summed E-state index contributed by atoms with van der Waals surface area (Å²) >= 11 is 0. The smallest absolute Gasteiger partial charge is 0.357 e. The number of halogens is 3. The molecule has 1 amide bonds. The summed E-state index contributed by atoms with van der Waals surface area (Å²) in [5, 5.41) is 6.56. The molecule has 162 valence electrons. The van der Waals surface area contributed by atoms with Gasteiger partial charge in [0.1, 0.15) is 0 Å². The second kappa shape index (κ2) is 10.5. The lowest BCUT2D eigenvalue weighted by atomic mass is 9.96. The molecule has 2 unspecified atom stereocenters. The maximum atomic E-state index is 12.9. The Bertz CT molecular complexity index is 705. The molecule has 1 aliphatic heterocycles. The molecule has 0 bridgehead atoms. The van der Waals surface area contributed by atoms with Crippen LogP contribution in [0.3, 0.4) is 0 Å². The number of carbonyl (C=O) groups excluding carboxylic acids is 1. The highest BCUT2D eigenvalue weighted by Crippen LogP contribution is 2.31. The monoisotopic (exact) mass is 412 g/mol. The van der Waals surface area contributed by atoms with E-state index in [-0.39, 0.29) is 17.9 Å². The van der Waals surface area contributed by atoms with Crippen LogP contribution in [0.1, 0.15) is 57.1 Å². The van der Waals surface area contributed by atoms with Gasteiger partial charge in [0, 0.05) is 38.6 Å². The number of aliphatic imine (C=N–C) groups is 1. The van der Waals surface area contributed by atoms with Gasteiger partial charge in [0.05, 0.1) is 5.56 Å². The molecule has 2 N–H and O–H groups in total. The van der Waals surface area contributed by atoms with E-state index in [1.165, 1.54) is 12.1 Å². The first-order valence-corrected chi connectivity index (χ1v) is 10.2. The molecule has 1 aliphatic rings. The van der Waals surface area contributed by atoms with E-state index in [0.717, 1.165) is 19.0 Å². The quantitative estimate of drug-likeness (QED) is 0.530. The molecule has 29 heavy (non-hydrogen) atoms. The molecule has 0 aromatic heterocycles. The summed E-state index contributed by atoms with van der Waals surface area (Å²) in [4.78, 5) is 18.3. The molecule has 2 atom stereocenters. The van der Waals surface area contributed by atoms with Gasteiger partial charge >= 0.3 is 6.18 Å². The molecule has 1 aromatic rings. The Hall–Kier alpha value is -2.25. The van der Waals surface area contributed by atoms with Gasteiger partial charge in [0.2, 0.25) is 5.91 Å². The van der Waals surface area contributed by atoms with E-state index in [9.17, 15) is 18.0 Å². The zero-order valence-corrected chi connectivity index (χ0v) is 17.4. The van der Waals surface area contributed by atoms with E-state index in [4.69, 9.17) is 0 Å². The number of nitrogens with zero attached hydrogens (tertiary/aromatic N) is 2. The molecule has 5 nitrogen and oxygen atoms in total. The normalized spacial score (nSPS) is 18.6. The van der Waals surface area contributed by atoms with Gasteiger partial charge in [-0.1, -0.05) is 32.0 Å². The number of likely N-dealkylation sites (tertiary alicyclic amines) is 1. The van der Waals surface area contributed by atoms with Crippen LogP contribution in [0.4, 0.5) is 13.2 Å². The number of guanidine groups is 1. The van der Waals surface area contributed by atoms with E-state index >= 15 is 0 Å². The Kier molecular flexibility index (Phi) is 8.34. The minimum absolute atomic E-state index is 0.0342. The first-order valence-electron chi connectivity index (χ1n) is 10.2. The minimum atomic E-state index is -4.33. The number of nitrogens with one attached hydrogen (secondary N) is 2. The minimum Gasteiger partial charge on any atom is -0.357 e. The predicted molar refractivity (Wildman–Crippen MR) is 109 cm³/mol. The molecule has 1 aromatic carbocycles. The Morgan fingerprint density at radius 1 is 1.34 bits per heavy atom. The van der Waals surface area contributed by atoms with Crippen molar-refractivity contribution in [3.05, 3.63) is 35.4 Å². The van der Waals surface area contributed by atoms with E-state index in [1.807, 2.05) is 25.7 Å². The maximum absolute atomic E-state index is 12.9. The summed E-state index contributed by atoms with van der Waals surface area (Å²) in [6.45, 7) is 8.37. The van der Waals surface area contributed by atoms with Crippen molar-refractivity contribution in [1.29, 1.82) is 0 Å². The van der Waals surface area contributed by atoms with Gasteiger partial charge in [-0.25, -0.2) is 0 Å². The molecule has 1 fully saturated rings. The van der Waals surface area contributed by atoms with Crippen molar-refractivity contribution < 1.29 is 18.0 Å². The van der Waals surface area contributed by atoms with Gasteiger partial charge in [0.15, 0.2) is 5.96 Å². The molecule has 0 radical (unpaired) electrons. The van der Waals surface area contributed by atoms with E-state index < -0.39 is 11.7 Å². The van der Waals surface area contributed by atoms with E-state index in [2.05, 4.69) is 15.6 Å². The van der Waals surface area contributed by atoms with E-state index in [1.54, 1.807) is 6.07 Å². The van der Waals surface area contributed by atoms with Crippen LogP contribution in [-0.4, -0.2) is 49.0 Å². The third-order valence-electron chi connectivity index (χ3n) is 5.14.